The Balaban J connectivity index is 1.63. The van der Waals surface area contributed by atoms with Gasteiger partial charge in [-0.1, -0.05) is 6.07 Å². The van der Waals surface area contributed by atoms with Crippen molar-refractivity contribution in [2.75, 3.05) is 44.2 Å². The van der Waals surface area contributed by atoms with E-state index in [0.29, 0.717) is 23.7 Å². The maximum atomic E-state index is 13.7. The van der Waals surface area contributed by atoms with Gasteiger partial charge in [-0.3, -0.25) is 4.90 Å². The fourth-order valence-electron chi connectivity index (χ4n) is 3.96. The lowest BCUT2D eigenvalue weighted by molar-refractivity contribution is -0.308. The third kappa shape index (κ3) is 6.39. The molecule has 2 aliphatic heterocycles. The Morgan fingerprint density at radius 3 is 1.91 bits per heavy atom. The van der Waals surface area contributed by atoms with Gasteiger partial charge in [-0.25, -0.2) is 4.79 Å². The normalized spacial score (nSPS) is 18.6. The van der Waals surface area contributed by atoms with Gasteiger partial charge in [-0.2, -0.15) is 39.5 Å². The lowest BCUT2D eigenvalue weighted by Gasteiger charge is -2.35. The molecule has 2 fully saturated rings. The number of carbonyl (C=O) groups is 1. The number of hydrogen-bond acceptors (Lipinski definition) is 4. The van der Waals surface area contributed by atoms with Gasteiger partial charge in [0.25, 0.3) is 6.10 Å². The van der Waals surface area contributed by atoms with Gasteiger partial charge in [-0.15, -0.1) is 0 Å². The molecule has 0 saturated carbocycles. The maximum absolute atomic E-state index is 13.7. The monoisotopic (exact) mass is 507 g/mol. The third-order valence-corrected chi connectivity index (χ3v) is 5.71. The molecule has 2 saturated heterocycles. The molecule has 3 rings (SSSR count). The van der Waals surface area contributed by atoms with Crippen molar-refractivity contribution >= 4 is 11.8 Å². The molecule has 14 heteroatoms. The van der Waals surface area contributed by atoms with Gasteiger partial charge in [0.15, 0.2) is 0 Å². The van der Waals surface area contributed by atoms with Crippen molar-refractivity contribution in [3.8, 4) is 0 Å². The van der Waals surface area contributed by atoms with E-state index in [2.05, 4.69) is 4.74 Å². The Hall–Kier alpha value is -2.38. The molecule has 5 nitrogen and oxygen atoms in total. The lowest BCUT2D eigenvalue weighted by atomic mass is 10.0. The quantitative estimate of drug-likeness (QED) is 0.535. The van der Waals surface area contributed by atoms with Crippen molar-refractivity contribution in [1.29, 1.82) is 0 Å². The molecule has 0 unspecified atom stereocenters. The number of nitrogens with zero attached hydrogens (tertiary/aromatic N) is 3. The summed E-state index contributed by atoms with van der Waals surface area (Å²) in [6.07, 6.45) is -20.5. The zero-order valence-corrected chi connectivity index (χ0v) is 17.7. The number of carbonyl (C=O) groups excluding carboxylic acids is 1. The first-order chi connectivity index (χ1) is 15.7. The number of benzene rings is 1. The van der Waals surface area contributed by atoms with E-state index < -0.39 is 36.3 Å². The minimum atomic E-state index is -5.83. The molecule has 1 aromatic rings. The minimum absolute atomic E-state index is 0.0133. The third-order valence-electron chi connectivity index (χ3n) is 5.71. The number of alkyl halides is 9. The van der Waals surface area contributed by atoms with E-state index in [0.717, 1.165) is 18.9 Å². The zero-order chi connectivity index (χ0) is 25.3. The second kappa shape index (κ2) is 9.70. The summed E-state index contributed by atoms with van der Waals surface area (Å²) in [7, 11) is 0. The molecule has 0 radical (unpaired) electrons. The van der Waals surface area contributed by atoms with E-state index in [1.54, 1.807) is 6.07 Å². The van der Waals surface area contributed by atoms with Crippen molar-refractivity contribution in [1.82, 2.24) is 9.80 Å². The molecule has 2 heterocycles. The molecule has 0 aliphatic carbocycles. The molecule has 1 aromatic carbocycles. The fourth-order valence-corrected chi connectivity index (χ4v) is 3.96. The van der Waals surface area contributed by atoms with Crippen LogP contribution in [0.4, 0.5) is 50.0 Å². The summed E-state index contributed by atoms with van der Waals surface area (Å²) < 4.78 is 120. The maximum Gasteiger partial charge on any atom is 0.434 e. The van der Waals surface area contributed by atoms with E-state index in [4.69, 9.17) is 0 Å². The summed E-state index contributed by atoms with van der Waals surface area (Å²) >= 11 is 0. The van der Waals surface area contributed by atoms with Crippen molar-refractivity contribution in [2.24, 2.45) is 0 Å². The molecule has 0 atom stereocenters. The van der Waals surface area contributed by atoms with Crippen molar-refractivity contribution in [2.45, 2.75) is 44.0 Å². The van der Waals surface area contributed by atoms with Gasteiger partial charge < -0.3 is 14.5 Å². The first kappa shape index (κ1) is 26.2. The van der Waals surface area contributed by atoms with Crippen LogP contribution in [0.15, 0.2) is 18.2 Å². The van der Waals surface area contributed by atoms with Gasteiger partial charge in [-0.05, 0) is 30.5 Å². The lowest BCUT2D eigenvalue weighted by Crippen LogP contribution is -2.52. The Kier molecular flexibility index (Phi) is 7.48. The summed E-state index contributed by atoms with van der Waals surface area (Å²) in [5.74, 6) is 0. The van der Waals surface area contributed by atoms with Crippen LogP contribution in [0.3, 0.4) is 0 Å². The largest absolute Gasteiger partial charge is 0.434 e. The van der Waals surface area contributed by atoms with Crippen molar-refractivity contribution < 1.29 is 49.0 Å². The highest BCUT2D eigenvalue weighted by Crippen LogP contribution is 2.37. The average Bonchev–Trinajstić information content (AvgIpc) is 3.25. The Bertz CT molecular complexity index is 842. The second-order valence-electron chi connectivity index (χ2n) is 8.14. The standard InChI is InChI=1S/C20H22F9N3O2/c21-18(22,23)15-11-14(31-5-1-2-6-31)4-3-13(15)12-30-7-9-32(10-8-30)17(33)34-16(19(24,25)26)20(27,28)29/h3-4,11,16H,1-2,5-10,12H2. The van der Waals surface area contributed by atoms with Crippen LogP contribution in [0.2, 0.25) is 0 Å². The summed E-state index contributed by atoms with van der Waals surface area (Å²) in [4.78, 5) is 15.9. The van der Waals surface area contributed by atoms with Crippen LogP contribution in [0.5, 0.6) is 0 Å². The Labute approximate surface area is 189 Å². The number of hydrogen-bond donors (Lipinski definition) is 0. The van der Waals surface area contributed by atoms with E-state index >= 15 is 0 Å². The summed E-state index contributed by atoms with van der Waals surface area (Å²) in [5, 5.41) is 0. The highest BCUT2D eigenvalue weighted by molar-refractivity contribution is 5.68. The van der Waals surface area contributed by atoms with Gasteiger partial charge in [0, 0.05) is 51.5 Å². The average molecular weight is 507 g/mol. The van der Waals surface area contributed by atoms with E-state index in [9.17, 15) is 44.3 Å². The number of amides is 1. The van der Waals surface area contributed by atoms with Crippen LogP contribution in [0.25, 0.3) is 0 Å². The molecule has 34 heavy (non-hydrogen) atoms. The van der Waals surface area contributed by atoms with Crippen LogP contribution < -0.4 is 4.90 Å². The molecule has 0 bridgehead atoms. The SMILES string of the molecule is O=C(OC(C(F)(F)F)C(F)(F)F)N1CCN(Cc2ccc(N3CCCC3)cc2C(F)(F)F)CC1. The molecule has 2 aliphatic rings. The molecule has 0 N–H and O–H groups in total. The highest BCUT2D eigenvalue weighted by atomic mass is 19.4. The Morgan fingerprint density at radius 1 is 0.853 bits per heavy atom. The number of anilines is 1. The molecule has 0 aromatic heterocycles. The molecular formula is C20H22F9N3O2. The molecular weight excluding hydrogens is 485 g/mol. The summed E-state index contributed by atoms with van der Waals surface area (Å²) in [6, 6.07) is 4.05. The van der Waals surface area contributed by atoms with Gasteiger partial charge in [0.05, 0.1) is 5.56 Å². The van der Waals surface area contributed by atoms with Crippen LogP contribution >= 0.6 is 0 Å². The van der Waals surface area contributed by atoms with Gasteiger partial charge in [0.2, 0.25) is 0 Å². The summed E-state index contributed by atoms with van der Waals surface area (Å²) in [5.41, 5.74) is -0.359. The second-order valence-corrected chi connectivity index (χ2v) is 8.14. The minimum Gasteiger partial charge on any atom is -0.426 e. The highest BCUT2D eigenvalue weighted by Gasteiger charge is 2.60. The molecule has 0 spiro atoms. The van der Waals surface area contributed by atoms with Crippen LogP contribution in [-0.4, -0.2) is 73.6 Å². The topological polar surface area (TPSA) is 36.0 Å². The number of ether oxygens (including phenoxy) is 1. The van der Waals surface area contributed by atoms with Gasteiger partial charge >= 0.3 is 24.6 Å². The van der Waals surface area contributed by atoms with E-state index in [1.165, 1.54) is 11.0 Å². The fraction of sp³-hybridized carbons (Fsp3) is 0.650. The smallest absolute Gasteiger partial charge is 0.426 e. The molecule has 1 amide bonds. The zero-order valence-electron chi connectivity index (χ0n) is 17.7. The number of rotatable bonds is 4. The van der Waals surface area contributed by atoms with Crippen molar-refractivity contribution in [3.63, 3.8) is 0 Å². The number of piperazine rings is 1. The van der Waals surface area contributed by atoms with Crippen LogP contribution in [-0.2, 0) is 17.5 Å². The van der Waals surface area contributed by atoms with E-state index in [-0.39, 0.29) is 38.3 Å². The van der Waals surface area contributed by atoms with E-state index in [1.807, 2.05) is 4.90 Å². The predicted octanol–water partition coefficient (Wildman–Crippen LogP) is 5.05. The summed E-state index contributed by atoms with van der Waals surface area (Å²) in [6.45, 7) is 0.483. The van der Waals surface area contributed by atoms with Gasteiger partial charge in [0.1, 0.15) is 0 Å². The molecule has 192 valence electrons. The first-order valence-corrected chi connectivity index (χ1v) is 10.4. The van der Waals surface area contributed by atoms with Crippen molar-refractivity contribution in [3.05, 3.63) is 29.3 Å². The van der Waals surface area contributed by atoms with Crippen LogP contribution in [0, 0.1) is 0 Å². The first-order valence-electron chi connectivity index (χ1n) is 10.4. The number of halogens is 9. The van der Waals surface area contributed by atoms with Crippen LogP contribution in [0.1, 0.15) is 24.0 Å². The predicted molar refractivity (Wildman–Crippen MR) is 102 cm³/mol. The Morgan fingerprint density at radius 2 is 1.41 bits per heavy atom.